The van der Waals surface area contributed by atoms with Crippen LogP contribution in [0.5, 0.6) is 0 Å². The molecule has 2 amide bonds. The van der Waals surface area contributed by atoms with Gasteiger partial charge in [0.1, 0.15) is 5.69 Å². The van der Waals surface area contributed by atoms with Crippen molar-refractivity contribution in [2.75, 3.05) is 36.4 Å². The van der Waals surface area contributed by atoms with Gasteiger partial charge in [-0.2, -0.15) is 0 Å². The predicted molar refractivity (Wildman–Crippen MR) is 122 cm³/mol. The monoisotopic (exact) mass is 437 g/mol. The number of halogens is 1. The second kappa shape index (κ2) is 8.81. The second-order valence-electron chi connectivity index (χ2n) is 7.66. The standard InChI is InChI=1S/C23H24ClN5O2/c1-15-6-7-19(16(2)12-15)27-22(30)20-21(26-14-25-20)23(31)29-10-8-28(9-11-29)18-5-3-4-17(24)13-18/h3-7,12-14H,8-11H2,1-2H3,(H,25,26)(H,27,30). The summed E-state index contributed by atoms with van der Waals surface area (Å²) in [6.45, 7) is 6.38. The van der Waals surface area contributed by atoms with Crippen molar-refractivity contribution in [3.63, 3.8) is 0 Å². The number of benzene rings is 2. The Bertz CT molecular complexity index is 1120. The van der Waals surface area contributed by atoms with Crippen LogP contribution in [0.4, 0.5) is 11.4 Å². The smallest absolute Gasteiger partial charge is 0.276 e. The van der Waals surface area contributed by atoms with E-state index in [9.17, 15) is 9.59 Å². The zero-order chi connectivity index (χ0) is 22.0. The molecule has 0 spiro atoms. The normalized spacial score (nSPS) is 13.9. The first kappa shape index (κ1) is 20.9. The fourth-order valence-electron chi connectivity index (χ4n) is 3.76. The number of rotatable bonds is 4. The van der Waals surface area contributed by atoms with E-state index in [1.807, 2.05) is 56.3 Å². The van der Waals surface area contributed by atoms with Gasteiger partial charge in [0.2, 0.25) is 0 Å². The first-order valence-corrected chi connectivity index (χ1v) is 10.5. The Morgan fingerprint density at radius 2 is 1.84 bits per heavy atom. The maximum atomic E-state index is 13.1. The molecular formula is C23H24ClN5O2. The van der Waals surface area contributed by atoms with Gasteiger partial charge < -0.3 is 20.1 Å². The Hall–Kier alpha value is -3.32. The molecular weight excluding hydrogens is 414 g/mol. The van der Waals surface area contributed by atoms with Gasteiger partial charge in [-0.15, -0.1) is 0 Å². The van der Waals surface area contributed by atoms with Crippen LogP contribution in [0.3, 0.4) is 0 Å². The topological polar surface area (TPSA) is 81.3 Å². The zero-order valence-corrected chi connectivity index (χ0v) is 18.2. The lowest BCUT2D eigenvalue weighted by Gasteiger charge is -2.36. The number of carbonyl (C=O) groups excluding carboxylic acids is 2. The first-order valence-electron chi connectivity index (χ1n) is 10.1. The highest BCUT2D eigenvalue weighted by molar-refractivity contribution is 6.30. The van der Waals surface area contributed by atoms with Crippen molar-refractivity contribution in [2.24, 2.45) is 0 Å². The molecule has 0 aliphatic carbocycles. The van der Waals surface area contributed by atoms with Gasteiger partial charge in [0.25, 0.3) is 11.8 Å². The molecule has 0 saturated carbocycles. The van der Waals surface area contributed by atoms with E-state index in [4.69, 9.17) is 11.6 Å². The van der Waals surface area contributed by atoms with Gasteiger partial charge in [-0.05, 0) is 43.7 Å². The number of anilines is 2. The minimum atomic E-state index is -0.408. The Balaban J connectivity index is 1.43. The van der Waals surface area contributed by atoms with Gasteiger partial charge in [-0.1, -0.05) is 35.4 Å². The van der Waals surface area contributed by atoms with E-state index in [1.54, 1.807) is 4.90 Å². The Labute approximate surface area is 186 Å². The van der Waals surface area contributed by atoms with Crippen LogP contribution < -0.4 is 10.2 Å². The van der Waals surface area contributed by atoms with Gasteiger partial charge in [-0.3, -0.25) is 9.59 Å². The third kappa shape index (κ3) is 4.56. The van der Waals surface area contributed by atoms with Crippen molar-refractivity contribution in [3.8, 4) is 0 Å². The molecule has 0 radical (unpaired) electrons. The van der Waals surface area contributed by atoms with Gasteiger partial charge in [-0.25, -0.2) is 4.98 Å². The third-order valence-corrected chi connectivity index (χ3v) is 5.67. The second-order valence-corrected chi connectivity index (χ2v) is 8.09. The van der Waals surface area contributed by atoms with Crippen molar-refractivity contribution in [1.82, 2.24) is 14.9 Å². The lowest BCUT2D eigenvalue weighted by atomic mass is 10.1. The molecule has 1 aliphatic rings. The molecule has 31 heavy (non-hydrogen) atoms. The Kier molecular flexibility index (Phi) is 5.95. The minimum absolute atomic E-state index is 0.0993. The molecule has 0 unspecified atom stereocenters. The molecule has 160 valence electrons. The van der Waals surface area contributed by atoms with Gasteiger partial charge in [0, 0.05) is 42.6 Å². The Morgan fingerprint density at radius 3 is 2.55 bits per heavy atom. The summed E-state index contributed by atoms with van der Waals surface area (Å²) in [4.78, 5) is 36.8. The summed E-state index contributed by atoms with van der Waals surface area (Å²) in [5, 5.41) is 3.55. The van der Waals surface area contributed by atoms with Crippen LogP contribution in [0.1, 0.15) is 32.1 Å². The predicted octanol–water partition coefficient (Wildman–Crippen LogP) is 3.89. The SMILES string of the molecule is Cc1ccc(NC(=O)c2nc[nH]c2C(=O)N2CCN(c3cccc(Cl)c3)CC2)c(C)c1. The number of H-pyrrole nitrogens is 1. The number of aryl methyl sites for hydroxylation is 2. The number of nitrogens with zero attached hydrogens (tertiary/aromatic N) is 3. The Morgan fingerprint density at radius 1 is 1.06 bits per heavy atom. The van der Waals surface area contributed by atoms with Crippen LogP contribution in [0.2, 0.25) is 5.02 Å². The van der Waals surface area contributed by atoms with E-state index in [1.165, 1.54) is 6.33 Å². The summed E-state index contributed by atoms with van der Waals surface area (Å²) in [6.07, 6.45) is 1.38. The van der Waals surface area contributed by atoms with E-state index in [-0.39, 0.29) is 17.3 Å². The van der Waals surface area contributed by atoms with Crippen LogP contribution in [0, 0.1) is 13.8 Å². The first-order chi connectivity index (χ1) is 14.9. The van der Waals surface area contributed by atoms with Crippen molar-refractivity contribution >= 4 is 34.8 Å². The van der Waals surface area contributed by atoms with Gasteiger partial charge in [0.05, 0.1) is 6.33 Å². The average molecular weight is 438 g/mol. The number of carbonyl (C=O) groups is 2. The fourth-order valence-corrected chi connectivity index (χ4v) is 3.95. The largest absolute Gasteiger partial charge is 0.368 e. The van der Waals surface area contributed by atoms with Crippen LogP contribution in [-0.4, -0.2) is 52.9 Å². The molecule has 0 atom stereocenters. The van der Waals surface area contributed by atoms with E-state index in [0.717, 1.165) is 16.8 Å². The van der Waals surface area contributed by atoms with Crippen molar-refractivity contribution < 1.29 is 9.59 Å². The minimum Gasteiger partial charge on any atom is -0.368 e. The molecule has 7 nitrogen and oxygen atoms in total. The quantitative estimate of drug-likeness (QED) is 0.648. The van der Waals surface area contributed by atoms with E-state index in [2.05, 4.69) is 20.2 Å². The molecule has 1 aromatic heterocycles. The van der Waals surface area contributed by atoms with Crippen LogP contribution in [0.15, 0.2) is 48.8 Å². The van der Waals surface area contributed by atoms with E-state index < -0.39 is 5.91 Å². The zero-order valence-electron chi connectivity index (χ0n) is 17.5. The summed E-state index contributed by atoms with van der Waals surface area (Å²) < 4.78 is 0. The molecule has 1 fully saturated rings. The molecule has 1 aliphatic heterocycles. The number of piperazine rings is 1. The highest BCUT2D eigenvalue weighted by atomic mass is 35.5. The highest BCUT2D eigenvalue weighted by Crippen LogP contribution is 2.22. The lowest BCUT2D eigenvalue weighted by molar-refractivity contribution is 0.0737. The maximum absolute atomic E-state index is 13.1. The number of amides is 2. The summed E-state index contributed by atoms with van der Waals surface area (Å²) in [6, 6.07) is 13.5. The van der Waals surface area contributed by atoms with Crippen molar-refractivity contribution in [1.29, 1.82) is 0 Å². The van der Waals surface area contributed by atoms with E-state index in [0.29, 0.717) is 36.9 Å². The number of hydrogen-bond donors (Lipinski definition) is 2. The van der Waals surface area contributed by atoms with E-state index >= 15 is 0 Å². The van der Waals surface area contributed by atoms with Crippen molar-refractivity contribution in [3.05, 3.63) is 76.3 Å². The van der Waals surface area contributed by atoms with Gasteiger partial charge in [0.15, 0.2) is 5.69 Å². The summed E-state index contributed by atoms with van der Waals surface area (Å²) in [5.41, 5.74) is 4.11. The molecule has 2 aromatic carbocycles. The van der Waals surface area contributed by atoms with Crippen LogP contribution in [-0.2, 0) is 0 Å². The molecule has 0 bridgehead atoms. The lowest BCUT2D eigenvalue weighted by Crippen LogP contribution is -2.49. The molecule has 1 saturated heterocycles. The maximum Gasteiger partial charge on any atom is 0.276 e. The highest BCUT2D eigenvalue weighted by Gasteiger charge is 2.28. The number of hydrogen-bond acceptors (Lipinski definition) is 4. The van der Waals surface area contributed by atoms with Crippen LogP contribution >= 0.6 is 11.6 Å². The third-order valence-electron chi connectivity index (χ3n) is 5.44. The van der Waals surface area contributed by atoms with Crippen LogP contribution in [0.25, 0.3) is 0 Å². The number of imidazole rings is 1. The molecule has 3 aromatic rings. The summed E-state index contributed by atoms with van der Waals surface area (Å²) >= 11 is 6.09. The fraction of sp³-hybridized carbons (Fsp3) is 0.261. The molecule has 4 rings (SSSR count). The number of aromatic nitrogens is 2. The number of aromatic amines is 1. The summed E-state index contributed by atoms with van der Waals surface area (Å²) in [7, 11) is 0. The average Bonchev–Trinajstić information content (AvgIpc) is 3.25. The molecule has 2 heterocycles. The molecule has 8 heteroatoms. The number of nitrogens with one attached hydrogen (secondary N) is 2. The summed E-state index contributed by atoms with van der Waals surface area (Å²) in [5.74, 6) is -0.636. The van der Waals surface area contributed by atoms with Crippen molar-refractivity contribution in [2.45, 2.75) is 13.8 Å². The van der Waals surface area contributed by atoms with Gasteiger partial charge >= 0.3 is 0 Å². The molecule has 2 N–H and O–H groups in total.